The van der Waals surface area contributed by atoms with Gasteiger partial charge in [-0.1, -0.05) is 13.0 Å². The fourth-order valence-electron chi connectivity index (χ4n) is 4.12. The lowest BCUT2D eigenvalue weighted by Gasteiger charge is -2.30. The summed E-state index contributed by atoms with van der Waals surface area (Å²) < 4.78 is 16.6. The molecule has 0 N–H and O–H groups in total. The summed E-state index contributed by atoms with van der Waals surface area (Å²) in [4.78, 5) is 2.49. The van der Waals surface area contributed by atoms with Gasteiger partial charge in [-0.2, -0.15) is 0 Å². The van der Waals surface area contributed by atoms with Crippen LogP contribution in [0.2, 0.25) is 0 Å². The van der Waals surface area contributed by atoms with Crippen molar-refractivity contribution < 1.29 is 14.2 Å². The number of methoxy groups -OCH3 is 3. The molecule has 4 rings (SSSR count). The molecule has 0 aromatic heterocycles. The van der Waals surface area contributed by atoms with Crippen LogP contribution < -0.4 is 14.2 Å². The quantitative estimate of drug-likeness (QED) is 0.652. The number of rotatable bonds is 4. The molecule has 0 atom stereocenters. The van der Waals surface area contributed by atoms with Gasteiger partial charge in [-0.25, -0.2) is 0 Å². The topological polar surface area (TPSA) is 30.9 Å². The number of nitrogens with zero attached hydrogens (tertiary/aromatic N) is 1. The molecule has 4 heteroatoms. The van der Waals surface area contributed by atoms with Crippen LogP contribution in [0.25, 0.3) is 21.5 Å². The Morgan fingerprint density at radius 2 is 1.50 bits per heavy atom. The van der Waals surface area contributed by atoms with Gasteiger partial charge >= 0.3 is 0 Å². The van der Waals surface area contributed by atoms with E-state index >= 15 is 0 Å². The minimum Gasteiger partial charge on any atom is -0.497 e. The van der Waals surface area contributed by atoms with Crippen molar-refractivity contribution in [3.05, 3.63) is 41.5 Å². The summed E-state index contributed by atoms with van der Waals surface area (Å²) in [6.07, 6.45) is 1.04. The predicted octanol–water partition coefficient (Wildman–Crippen LogP) is 4.40. The van der Waals surface area contributed by atoms with Crippen LogP contribution in [0.4, 0.5) is 0 Å². The maximum Gasteiger partial charge on any atom is 0.161 e. The van der Waals surface area contributed by atoms with Gasteiger partial charge in [-0.3, -0.25) is 4.90 Å². The van der Waals surface area contributed by atoms with Gasteiger partial charge in [0.1, 0.15) is 5.75 Å². The van der Waals surface area contributed by atoms with Gasteiger partial charge in [0.05, 0.1) is 21.3 Å². The van der Waals surface area contributed by atoms with Crippen molar-refractivity contribution in [3.63, 3.8) is 0 Å². The Kier molecular flexibility index (Phi) is 4.37. The number of benzene rings is 3. The largest absolute Gasteiger partial charge is 0.497 e. The second-order valence-electron chi connectivity index (χ2n) is 6.74. The summed E-state index contributed by atoms with van der Waals surface area (Å²) in [6.45, 7) is 5.35. The smallest absolute Gasteiger partial charge is 0.161 e. The monoisotopic (exact) mass is 351 g/mol. The van der Waals surface area contributed by atoms with Gasteiger partial charge in [0.2, 0.25) is 0 Å². The molecule has 0 spiro atoms. The van der Waals surface area contributed by atoms with Crippen LogP contribution in [-0.4, -0.2) is 39.3 Å². The molecule has 3 aromatic carbocycles. The minimum absolute atomic E-state index is 0.767. The van der Waals surface area contributed by atoms with Crippen molar-refractivity contribution in [2.45, 2.75) is 19.9 Å². The Morgan fingerprint density at radius 3 is 2.15 bits per heavy atom. The van der Waals surface area contributed by atoms with Gasteiger partial charge in [0.25, 0.3) is 0 Å². The van der Waals surface area contributed by atoms with E-state index in [9.17, 15) is 0 Å². The maximum absolute atomic E-state index is 5.57. The van der Waals surface area contributed by atoms with Crippen LogP contribution in [-0.2, 0) is 13.0 Å². The molecule has 3 aromatic rings. The first-order valence-corrected chi connectivity index (χ1v) is 9.09. The van der Waals surface area contributed by atoms with Crippen molar-refractivity contribution in [3.8, 4) is 17.2 Å². The first kappa shape index (κ1) is 17.0. The number of hydrogen-bond acceptors (Lipinski definition) is 4. The Morgan fingerprint density at radius 1 is 0.808 bits per heavy atom. The van der Waals surface area contributed by atoms with Crippen molar-refractivity contribution in [1.29, 1.82) is 0 Å². The molecule has 0 amide bonds. The average Bonchev–Trinajstić information content (AvgIpc) is 2.71. The lowest BCUT2D eigenvalue weighted by molar-refractivity contribution is 0.270. The number of likely N-dealkylation sites (N-methyl/N-ethyl adjacent to an activating group) is 1. The number of hydrogen-bond donors (Lipinski definition) is 0. The molecule has 0 saturated carbocycles. The molecule has 0 saturated heterocycles. The minimum atomic E-state index is 0.767. The van der Waals surface area contributed by atoms with Crippen LogP contribution >= 0.6 is 0 Å². The van der Waals surface area contributed by atoms with E-state index in [0.717, 1.165) is 43.3 Å². The molecular weight excluding hydrogens is 326 g/mol. The van der Waals surface area contributed by atoms with E-state index < -0.39 is 0 Å². The van der Waals surface area contributed by atoms with Gasteiger partial charge in [-0.05, 0) is 69.9 Å². The van der Waals surface area contributed by atoms with Crippen LogP contribution in [0.1, 0.15) is 18.1 Å². The van der Waals surface area contributed by atoms with E-state index in [1.165, 1.54) is 32.7 Å². The zero-order valence-corrected chi connectivity index (χ0v) is 15.9. The summed E-state index contributed by atoms with van der Waals surface area (Å²) in [6, 6.07) is 10.6. The lowest BCUT2D eigenvalue weighted by Crippen LogP contribution is -2.30. The molecule has 136 valence electrons. The zero-order valence-electron chi connectivity index (χ0n) is 15.9. The van der Waals surface area contributed by atoms with Crippen LogP contribution in [0, 0.1) is 0 Å². The summed E-state index contributed by atoms with van der Waals surface area (Å²) in [5.74, 6) is 2.45. The third-order valence-corrected chi connectivity index (χ3v) is 5.56. The molecule has 26 heavy (non-hydrogen) atoms. The third-order valence-electron chi connectivity index (χ3n) is 5.56. The van der Waals surface area contributed by atoms with E-state index in [4.69, 9.17) is 14.2 Å². The molecule has 0 unspecified atom stereocenters. The molecule has 0 bridgehead atoms. The van der Waals surface area contributed by atoms with Gasteiger partial charge in [0, 0.05) is 13.1 Å². The highest BCUT2D eigenvalue weighted by atomic mass is 16.5. The molecule has 0 fully saturated rings. The van der Waals surface area contributed by atoms with E-state index in [1.54, 1.807) is 21.3 Å². The van der Waals surface area contributed by atoms with Crippen LogP contribution in [0.5, 0.6) is 17.2 Å². The highest BCUT2D eigenvalue weighted by Gasteiger charge is 2.22. The van der Waals surface area contributed by atoms with Crippen molar-refractivity contribution >= 4 is 21.5 Å². The molecule has 1 aliphatic rings. The van der Waals surface area contributed by atoms with Gasteiger partial charge in [0.15, 0.2) is 11.5 Å². The summed E-state index contributed by atoms with van der Waals surface area (Å²) in [7, 11) is 5.11. The van der Waals surface area contributed by atoms with Crippen molar-refractivity contribution in [1.82, 2.24) is 4.90 Å². The number of fused-ring (bicyclic) bond motifs is 6. The SMILES string of the molecule is CCN1CCc2c(c3cc(OC)ccc3c3cc(OC)c(OC)cc23)C1. The molecule has 4 nitrogen and oxygen atoms in total. The Bertz CT molecular complexity index is 980. The third kappa shape index (κ3) is 2.56. The first-order valence-electron chi connectivity index (χ1n) is 9.09. The molecule has 1 heterocycles. The first-order chi connectivity index (χ1) is 12.7. The summed E-state index contributed by atoms with van der Waals surface area (Å²) in [5.41, 5.74) is 2.83. The summed E-state index contributed by atoms with van der Waals surface area (Å²) in [5, 5.41) is 4.99. The highest BCUT2D eigenvalue weighted by Crippen LogP contribution is 2.42. The zero-order chi connectivity index (χ0) is 18.3. The standard InChI is InChI=1S/C22H25NO3/c1-5-23-9-8-16-19-12-22(26-4)21(25-3)11-18(19)15-7-6-14(24-2)10-17(15)20(16)13-23/h6-7,10-12H,5,8-9,13H2,1-4H3. The van der Waals surface area contributed by atoms with Gasteiger partial charge < -0.3 is 14.2 Å². The van der Waals surface area contributed by atoms with E-state index in [1.807, 2.05) is 6.07 Å². The lowest BCUT2D eigenvalue weighted by atomic mass is 9.87. The van der Waals surface area contributed by atoms with Crippen molar-refractivity contribution in [2.24, 2.45) is 0 Å². The Hall–Kier alpha value is -2.46. The van der Waals surface area contributed by atoms with Crippen molar-refractivity contribution in [2.75, 3.05) is 34.4 Å². The second-order valence-corrected chi connectivity index (χ2v) is 6.74. The molecule has 0 aliphatic carbocycles. The van der Waals surface area contributed by atoms with E-state index in [-0.39, 0.29) is 0 Å². The van der Waals surface area contributed by atoms with E-state index in [2.05, 4.69) is 36.1 Å². The van der Waals surface area contributed by atoms with Crippen LogP contribution in [0.15, 0.2) is 30.3 Å². The molecule has 1 aliphatic heterocycles. The summed E-state index contributed by atoms with van der Waals surface area (Å²) >= 11 is 0. The second kappa shape index (κ2) is 6.69. The Balaban J connectivity index is 2.11. The van der Waals surface area contributed by atoms with E-state index in [0.29, 0.717) is 0 Å². The van der Waals surface area contributed by atoms with Gasteiger partial charge in [-0.15, -0.1) is 0 Å². The average molecular weight is 351 g/mol. The molecule has 0 radical (unpaired) electrons. The van der Waals surface area contributed by atoms with Crippen LogP contribution in [0.3, 0.4) is 0 Å². The normalized spacial score (nSPS) is 14.5. The maximum atomic E-state index is 5.57. The fourth-order valence-corrected chi connectivity index (χ4v) is 4.12. The Labute approximate surface area is 154 Å². The molecular formula is C22H25NO3. The highest BCUT2D eigenvalue weighted by molar-refractivity contribution is 6.12. The predicted molar refractivity (Wildman–Crippen MR) is 106 cm³/mol. The fraction of sp³-hybridized carbons (Fsp3) is 0.364. The number of ether oxygens (including phenoxy) is 3.